The zero-order valence-electron chi connectivity index (χ0n) is 27.9. The third-order valence-corrected chi connectivity index (χ3v) is 11.2. The average Bonchev–Trinajstić information content (AvgIpc) is 3.06. The van der Waals surface area contributed by atoms with Gasteiger partial charge in [0.05, 0.1) is 10.6 Å². The van der Waals surface area contributed by atoms with Crippen LogP contribution >= 0.6 is 15.9 Å². The summed E-state index contributed by atoms with van der Waals surface area (Å²) in [6.45, 7) is 5.33. The quantitative estimate of drug-likeness (QED) is 0.162. The van der Waals surface area contributed by atoms with Crippen molar-refractivity contribution in [3.8, 4) is 0 Å². The van der Waals surface area contributed by atoms with Crippen molar-refractivity contribution in [2.75, 3.05) is 10.8 Å². The number of hydrogen-bond donors (Lipinski definition) is 1. The van der Waals surface area contributed by atoms with Crippen molar-refractivity contribution < 1.29 is 18.0 Å². The zero-order valence-corrected chi connectivity index (χ0v) is 30.3. The van der Waals surface area contributed by atoms with Crippen molar-refractivity contribution in [2.24, 2.45) is 0 Å². The summed E-state index contributed by atoms with van der Waals surface area (Å²) in [5.74, 6) is -0.695. The van der Waals surface area contributed by atoms with E-state index in [0.717, 1.165) is 64.4 Å². The number of carbonyl (C=O) groups excluding carboxylic acids is 2. The molecule has 1 saturated carbocycles. The number of aryl methyl sites for hydroxylation is 3. The molecule has 0 saturated heterocycles. The molecular formula is C39H44BrN3O4S. The Morgan fingerprint density at radius 3 is 2.15 bits per heavy atom. The second kappa shape index (κ2) is 16.0. The number of nitrogens with one attached hydrogen (secondary N) is 1. The Labute approximate surface area is 293 Å². The van der Waals surface area contributed by atoms with Crippen LogP contribution in [0.25, 0.3) is 0 Å². The van der Waals surface area contributed by atoms with Gasteiger partial charge in [0.25, 0.3) is 10.0 Å². The van der Waals surface area contributed by atoms with Crippen LogP contribution in [0.3, 0.4) is 0 Å². The summed E-state index contributed by atoms with van der Waals surface area (Å²) in [7, 11) is -4.16. The normalized spacial score (nSPS) is 14.2. The molecule has 0 unspecified atom stereocenters. The molecule has 0 heterocycles. The number of halogens is 1. The highest BCUT2D eigenvalue weighted by Gasteiger charge is 2.36. The molecule has 7 nitrogen and oxygen atoms in total. The first-order valence-corrected chi connectivity index (χ1v) is 18.8. The Bertz CT molecular complexity index is 1820. The Balaban J connectivity index is 1.58. The van der Waals surface area contributed by atoms with Gasteiger partial charge < -0.3 is 10.2 Å². The maximum atomic E-state index is 14.8. The summed E-state index contributed by atoms with van der Waals surface area (Å²) < 4.78 is 30.8. The summed E-state index contributed by atoms with van der Waals surface area (Å²) >= 11 is 3.55. The van der Waals surface area contributed by atoms with Gasteiger partial charge >= 0.3 is 0 Å². The molecular weight excluding hydrogens is 686 g/mol. The second-order valence-electron chi connectivity index (χ2n) is 12.8. The van der Waals surface area contributed by atoms with E-state index < -0.39 is 28.5 Å². The fraction of sp³-hybridized carbons (Fsp3) is 0.333. The molecule has 5 rings (SSSR count). The van der Waals surface area contributed by atoms with Gasteiger partial charge in [-0.3, -0.25) is 13.9 Å². The maximum absolute atomic E-state index is 14.8. The molecule has 9 heteroatoms. The van der Waals surface area contributed by atoms with Gasteiger partial charge in [-0.05, 0) is 80.6 Å². The van der Waals surface area contributed by atoms with Crippen molar-refractivity contribution in [3.05, 3.63) is 129 Å². The average molecular weight is 731 g/mol. The zero-order chi connectivity index (χ0) is 34.3. The van der Waals surface area contributed by atoms with Crippen molar-refractivity contribution in [2.45, 2.75) is 82.8 Å². The third-order valence-electron chi connectivity index (χ3n) is 8.97. The maximum Gasteiger partial charge on any atom is 0.264 e. The molecule has 252 valence electrons. The molecule has 0 bridgehead atoms. The first-order valence-electron chi connectivity index (χ1n) is 16.6. The highest BCUT2D eigenvalue weighted by Crippen LogP contribution is 2.29. The van der Waals surface area contributed by atoms with E-state index in [1.54, 1.807) is 35.2 Å². The standard InChI is InChI=1S/C39H44BrN3O4S/c1-28-17-20-35(21-18-28)48(46,47)43(36-22-19-29(2)23-30(36)3)27-38(44)42(26-32-13-10-14-33(40)24-32)37(25-31-11-6-4-7-12-31)39(45)41-34-15-8-5-9-16-34/h4,6-7,10-14,17-24,34,37H,5,8-9,15-16,25-27H2,1-3H3,(H,41,45)/t37-/m0/s1. The van der Waals surface area contributed by atoms with Gasteiger partial charge in [0.15, 0.2) is 0 Å². The van der Waals surface area contributed by atoms with Crippen LogP contribution in [-0.2, 0) is 32.6 Å². The highest BCUT2D eigenvalue weighted by molar-refractivity contribution is 9.10. The van der Waals surface area contributed by atoms with E-state index in [-0.39, 0.29) is 29.8 Å². The van der Waals surface area contributed by atoms with Gasteiger partial charge in [0, 0.05) is 23.5 Å². The Morgan fingerprint density at radius 1 is 0.812 bits per heavy atom. The van der Waals surface area contributed by atoms with Crippen LogP contribution in [0.15, 0.2) is 106 Å². The lowest BCUT2D eigenvalue weighted by molar-refractivity contribution is -0.140. The van der Waals surface area contributed by atoms with E-state index in [4.69, 9.17) is 0 Å². The van der Waals surface area contributed by atoms with Gasteiger partial charge in [-0.2, -0.15) is 0 Å². The number of anilines is 1. The SMILES string of the molecule is Cc1ccc(S(=O)(=O)N(CC(=O)N(Cc2cccc(Br)c2)[C@@H](Cc2ccccc2)C(=O)NC2CCCCC2)c2ccc(C)cc2C)cc1. The summed E-state index contributed by atoms with van der Waals surface area (Å²) in [5.41, 5.74) is 4.79. The number of hydrogen-bond acceptors (Lipinski definition) is 4. The molecule has 2 amide bonds. The first kappa shape index (κ1) is 35.4. The van der Waals surface area contributed by atoms with Crippen LogP contribution in [0.5, 0.6) is 0 Å². The van der Waals surface area contributed by atoms with Crippen molar-refractivity contribution >= 4 is 43.5 Å². The number of carbonyl (C=O) groups is 2. The molecule has 4 aromatic carbocycles. The van der Waals surface area contributed by atoms with Gasteiger partial charge in [0.2, 0.25) is 11.8 Å². The van der Waals surface area contributed by atoms with E-state index in [9.17, 15) is 18.0 Å². The summed E-state index contributed by atoms with van der Waals surface area (Å²) in [6, 6.07) is 28.6. The lowest BCUT2D eigenvalue weighted by atomic mass is 9.94. The third kappa shape index (κ3) is 8.94. The molecule has 1 fully saturated rings. The molecule has 0 radical (unpaired) electrons. The minimum Gasteiger partial charge on any atom is -0.352 e. The smallest absolute Gasteiger partial charge is 0.264 e. The molecule has 4 aromatic rings. The van der Waals surface area contributed by atoms with Crippen LogP contribution in [0.2, 0.25) is 0 Å². The van der Waals surface area contributed by atoms with Gasteiger partial charge in [-0.1, -0.05) is 113 Å². The summed E-state index contributed by atoms with van der Waals surface area (Å²) in [4.78, 5) is 30.7. The van der Waals surface area contributed by atoms with Crippen molar-refractivity contribution in [1.82, 2.24) is 10.2 Å². The van der Waals surface area contributed by atoms with Crippen LogP contribution in [0.1, 0.15) is 59.9 Å². The number of sulfonamides is 1. The first-order chi connectivity index (χ1) is 23.0. The van der Waals surface area contributed by atoms with Crippen LogP contribution in [0, 0.1) is 20.8 Å². The molecule has 1 N–H and O–H groups in total. The molecule has 1 atom stereocenters. The molecule has 0 aromatic heterocycles. The summed E-state index contributed by atoms with van der Waals surface area (Å²) in [5, 5.41) is 3.26. The number of rotatable bonds is 12. The Kier molecular flexibility index (Phi) is 11.8. The minimum atomic E-state index is -4.16. The number of amides is 2. The van der Waals surface area contributed by atoms with E-state index in [2.05, 4.69) is 21.2 Å². The number of benzene rings is 4. The van der Waals surface area contributed by atoms with Gasteiger partial charge in [-0.25, -0.2) is 8.42 Å². The minimum absolute atomic E-state index is 0.0426. The lowest BCUT2D eigenvalue weighted by Gasteiger charge is -2.35. The molecule has 0 spiro atoms. The fourth-order valence-electron chi connectivity index (χ4n) is 6.37. The highest BCUT2D eigenvalue weighted by atomic mass is 79.9. The topological polar surface area (TPSA) is 86.8 Å². The predicted molar refractivity (Wildman–Crippen MR) is 195 cm³/mol. The molecule has 1 aliphatic carbocycles. The van der Waals surface area contributed by atoms with Crippen LogP contribution in [0.4, 0.5) is 5.69 Å². The second-order valence-corrected chi connectivity index (χ2v) is 15.6. The largest absolute Gasteiger partial charge is 0.352 e. The van der Waals surface area contributed by atoms with Crippen molar-refractivity contribution in [3.63, 3.8) is 0 Å². The van der Waals surface area contributed by atoms with Crippen LogP contribution in [-0.4, -0.2) is 43.8 Å². The molecule has 1 aliphatic rings. The molecule has 48 heavy (non-hydrogen) atoms. The number of nitrogens with zero attached hydrogens (tertiary/aromatic N) is 2. The van der Waals surface area contributed by atoms with Crippen LogP contribution < -0.4 is 9.62 Å². The van der Waals surface area contributed by atoms with Crippen molar-refractivity contribution in [1.29, 1.82) is 0 Å². The van der Waals surface area contributed by atoms with E-state index in [0.29, 0.717) is 5.69 Å². The van der Waals surface area contributed by atoms with Gasteiger partial charge in [0.1, 0.15) is 12.6 Å². The summed E-state index contributed by atoms with van der Waals surface area (Å²) in [6.07, 6.45) is 5.34. The van der Waals surface area contributed by atoms with Gasteiger partial charge in [-0.15, -0.1) is 0 Å². The monoisotopic (exact) mass is 729 g/mol. The lowest BCUT2D eigenvalue weighted by Crippen LogP contribution is -2.55. The van der Waals surface area contributed by atoms with E-state index in [1.165, 1.54) is 4.31 Å². The predicted octanol–water partition coefficient (Wildman–Crippen LogP) is 7.66. The molecule has 0 aliphatic heterocycles. The van der Waals surface area contributed by atoms with E-state index >= 15 is 0 Å². The van der Waals surface area contributed by atoms with E-state index in [1.807, 2.05) is 87.5 Å². The Morgan fingerprint density at radius 2 is 1.48 bits per heavy atom. The fourth-order valence-corrected chi connectivity index (χ4v) is 8.29. The Hall–Kier alpha value is -3.95.